The van der Waals surface area contributed by atoms with E-state index >= 15 is 0 Å². The first kappa shape index (κ1) is 15.5. The van der Waals surface area contributed by atoms with Crippen LogP contribution in [0.15, 0.2) is 36.4 Å². The molecule has 2 atom stereocenters. The topological polar surface area (TPSA) is 43.4 Å². The zero-order valence-electron chi connectivity index (χ0n) is 13.8. The Labute approximate surface area is 136 Å². The molecule has 2 unspecified atom stereocenters. The normalized spacial score (nSPS) is 19.6. The van der Waals surface area contributed by atoms with E-state index in [4.69, 9.17) is 4.74 Å². The number of carbonyl (C=O) groups is 2. The second-order valence-electron chi connectivity index (χ2n) is 6.18. The van der Waals surface area contributed by atoms with Crippen LogP contribution in [0.3, 0.4) is 0 Å². The SMILES string of the molecule is CC(=O)OC1c2ccccc2C(=O)C1c1ccc(C)c(C)c1C. The maximum absolute atomic E-state index is 12.9. The highest BCUT2D eigenvalue weighted by atomic mass is 16.5. The van der Waals surface area contributed by atoms with Crippen LogP contribution in [-0.2, 0) is 9.53 Å². The first-order valence-corrected chi connectivity index (χ1v) is 7.79. The molecule has 3 heteroatoms. The molecule has 3 nitrogen and oxygen atoms in total. The van der Waals surface area contributed by atoms with E-state index in [1.165, 1.54) is 18.1 Å². The average Bonchev–Trinajstić information content (AvgIpc) is 2.78. The summed E-state index contributed by atoms with van der Waals surface area (Å²) < 4.78 is 5.54. The van der Waals surface area contributed by atoms with Gasteiger partial charge < -0.3 is 4.74 Å². The lowest BCUT2D eigenvalue weighted by atomic mass is 9.86. The van der Waals surface area contributed by atoms with Crippen molar-refractivity contribution in [2.24, 2.45) is 0 Å². The summed E-state index contributed by atoms with van der Waals surface area (Å²) in [5, 5.41) is 0. The summed E-state index contributed by atoms with van der Waals surface area (Å²) in [4.78, 5) is 24.5. The molecule has 0 amide bonds. The van der Waals surface area contributed by atoms with E-state index < -0.39 is 12.0 Å². The molecule has 0 heterocycles. The third-order valence-corrected chi connectivity index (χ3v) is 4.85. The molecule has 0 fully saturated rings. The van der Waals surface area contributed by atoms with Crippen molar-refractivity contribution >= 4 is 11.8 Å². The third-order valence-electron chi connectivity index (χ3n) is 4.85. The molecule has 0 bridgehead atoms. The number of benzene rings is 2. The Kier molecular flexibility index (Phi) is 3.80. The molecular formula is C20H20O3. The zero-order chi connectivity index (χ0) is 16.7. The summed E-state index contributed by atoms with van der Waals surface area (Å²) in [5.41, 5.74) is 5.86. The summed E-state index contributed by atoms with van der Waals surface area (Å²) in [6, 6.07) is 11.4. The Morgan fingerprint density at radius 2 is 1.65 bits per heavy atom. The highest BCUT2D eigenvalue weighted by Gasteiger charge is 2.43. The molecule has 118 valence electrons. The largest absolute Gasteiger partial charge is 0.456 e. The summed E-state index contributed by atoms with van der Waals surface area (Å²) in [6.45, 7) is 7.52. The number of hydrogen-bond donors (Lipinski definition) is 0. The number of rotatable bonds is 2. The van der Waals surface area contributed by atoms with Crippen LogP contribution in [0.4, 0.5) is 0 Å². The van der Waals surface area contributed by atoms with Crippen LogP contribution in [-0.4, -0.2) is 11.8 Å². The number of ketones is 1. The van der Waals surface area contributed by atoms with Gasteiger partial charge in [-0.25, -0.2) is 0 Å². The predicted molar refractivity (Wildman–Crippen MR) is 88.7 cm³/mol. The van der Waals surface area contributed by atoms with Crippen LogP contribution in [0.5, 0.6) is 0 Å². The number of ether oxygens (including phenoxy) is 1. The first-order chi connectivity index (χ1) is 10.9. The first-order valence-electron chi connectivity index (χ1n) is 7.79. The smallest absolute Gasteiger partial charge is 0.303 e. The van der Waals surface area contributed by atoms with E-state index in [-0.39, 0.29) is 11.8 Å². The zero-order valence-corrected chi connectivity index (χ0v) is 13.8. The van der Waals surface area contributed by atoms with Crippen LogP contribution in [0.25, 0.3) is 0 Å². The van der Waals surface area contributed by atoms with Gasteiger partial charge in [0.05, 0.1) is 5.92 Å². The Morgan fingerprint density at radius 3 is 2.35 bits per heavy atom. The number of aryl methyl sites for hydroxylation is 1. The fourth-order valence-corrected chi connectivity index (χ4v) is 3.38. The Morgan fingerprint density at radius 1 is 0.957 bits per heavy atom. The van der Waals surface area contributed by atoms with Gasteiger partial charge in [0.15, 0.2) is 5.78 Å². The second kappa shape index (κ2) is 5.65. The molecule has 3 rings (SSSR count). The number of esters is 1. The van der Waals surface area contributed by atoms with Crippen LogP contribution < -0.4 is 0 Å². The number of hydrogen-bond acceptors (Lipinski definition) is 3. The van der Waals surface area contributed by atoms with E-state index in [1.807, 2.05) is 43.3 Å². The molecule has 0 N–H and O–H groups in total. The molecule has 0 saturated carbocycles. The van der Waals surface area contributed by atoms with Gasteiger partial charge in [-0.3, -0.25) is 9.59 Å². The Bertz CT molecular complexity index is 805. The van der Waals surface area contributed by atoms with Gasteiger partial charge in [0.1, 0.15) is 6.10 Å². The molecular weight excluding hydrogens is 288 g/mol. The molecule has 0 spiro atoms. The fourth-order valence-electron chi connectivity index (χ4n) is 3.38. The number of fused-ring (bicyclic) bond motifs is 1. The number of Topliss-reactive ketones (excluding diaryl/α,β-unsaturated/α-hetero) is 1. The maximum atomic E-state index is 12.9. The Hall–Kier alpha value is -2.42. The lowest BCUT2D eigenvalue weighted by Gasteiger charge is -2.22. The highest BCUT2D eigenvalue weighted by molar-refractivity contribution is 6.06. The van der Waals surface area contributed by atoms with E-state index in [9.17, 15) is 9.59 Å². The predicted octanol–water partition coefficient (Wildman–Crippen LogP) is 4.20. The lowest BCUT2D eigenvalue weighted by molar-refractivity contribution is -0.147. The Balaban J connectivity index is 2.16. The van der Waals surface area contributed by atoms with Crippen molar-refractivity contribution in [3.8, 4) is 0 Å². The minimum atomic E-state index is -0.544. The molecule has 1 aliphatic carbocycles. The monoisotopic (exact) mass is 308 g/mol. The molecule has 0 saturated heterocycles. The molecule has 0 aliphatic heterocycles. The van der Waals surface area contributed by atoms with Gasteiger partial charge in [-0.05, 0) is 43.0 Å². The molecule has 2 aromatic carbocycles. The summed E-state index contributed by atoms with van der Waals surface area (Å²) in [5.74, 6) is -0.806. The van der Waals surface area contributed by atoms with Crippen LogP contribution >= 0.6 is 0 Å². The minimum Gasteiger partial charge on any atom is -0.456 e. The van der Waals surface area contributed by atoms with Crippen molar-refractivity contribution in [1.29, 1.82) is 0 Å². The standard InChI is InChI=1S/C20H20O3/c1-11-9-10-15(13(3)12(11)2)18-19(22)16-7-5-6-8-17(16)20(18)23-14(4)21/h5-10,18,20H,1-4H3. The fraction of sp³-hybridized carbons (Fsp3) is 0.300. The number of carbonyl (C=O) groups excluding carboxylic acids is 2. The third kappa shape index (κ3) is 2.46. The lowest BCUT2D eigenvalue weighted by Crippen LogP contribution is -2.18. The van der Waals surface area contributed by atoms with Gasteiger partial charge in [0.25, 0.3) is 0 Å². The van der Waals surface area contributed by atoms with Crippen molar-refractivity contribution in [3.05, 3.63) is 69.8 Å². The second-order valence-corrected chi connectivity index (χ2v) is 6.18. The summed E-state index contributed by atoms with van der Waals surface area (Å²) >= 11 is 0. The van der Waals surface area contributed by atoms with Crippen molar-refractivity contribution in [3.63, 3.8) is 0 Å². The van der Waals surface area contributed by atoms with Crippen molar-refractivity contribution in [2.75, 3.05) is 0 Å². The van der Waals surface area contributed by atoms with Crippen LogP contribution in [0, 0.1) is 20.8 Å². The van der Waals surface area contributed by atoms with Gasteiger partial charge in [0, 0.05) is 18.1 Å². The van der Waals surface area contributed by atoms with Gasteiger partial charge in [0.2, 0.25) is 0 Å². The van der Waals surface area contributed by atoms with Crippen molar-refractivity contribution in [1.82, 2.24) is 0 Å². The van der Waals surface area contributed by atoms with E-state index in [1.54, 1.807) is 0 Å². The molecule has 23 heavy (non-hydrogen) atoms. The van der Waals surface area contributed by atoms with Gasteiger partial charge in [-0.1, -0.05) is 36.4 Å². The molecule has 0 radical (unpaired) electrons. The summed E-state index contributed by atoms with van der Waals surface area (Å²) in [6.07, 6.45) is -0.544. The van der Waals surface area contributed by atoms with Gasteiger partial charge in [-0.15, -0.1) is 0 Å². The van der Waals surface area contributed by atoms with Crippen LogP contribution in [0.1, 0.15) is 57.1 Å². The minimum absolute atomic E-state index is 0.0261. The quantitative estimate of drug-likeness (QED) is 0.781. The maximum Gasteiger partial charge on any atom is 0.303 e. The summed E-state index contributed by atoms with van der Waals surface area (Å²) in [7, 11) is 0. The van der Waals surface area contributed by atoms with E-state index in [2.05, 4.69) is 13.8 Å². The molecule has 0 aromatic heterocycles. The highest BCUT2D eigenvalue weighted by Crippen LogP contribution is 2.46. The van der Waals surface area contributed by atoms with E-state index in [0.717, 1.165) is 16.7 Å². The molecule has 1 aliphatic rings. The van der Waals surface area contributed by atoms with Gasteiger partial charge in [-0.2, -0.15) is 0 Å². The van der Waals surface area contributed by atoms with Crippen LogP contribution in [0.2, 0.25) is 0 Å². The van der Waals surface area contributed by atoms with Crippen molar-refractivity contribution < 1.29 is 14.3 Å². The van der Waals surface area contributed by atoms with E-state index in [0.29, 0.717) is 5.56 Å². The average molecular weight is 308 g/mol. The van der Waals surface area contributed by atoms with Crippen molar-refractivity contribution in [2.45, 2.75) is 39.7 Å². The molecule has 2 aromatic rings. The van der Waals surface area contributed by atoms with Gasteiger partial charge >= 0.3 is 5.97 Å².